The molecule has 0 aromatic heterocycles. The van der Waals surface area contributed by atoms with Gasteiger partial charge in [-0.15, -0.1) is 0 Å². The molecule has 8 heteroatoms. The molecule has 0 N–H and O–H groups in total. The Morgan fingerprint density at radius 3 is 0.836 bits per heavy atom. The number of halogens is 8. The number of hydrogen-bond donors (Lipinski definition) is 0. The van der Waals surface area contributed by atoms with E-state index in [2.05, 4.69) is 38.1 Å². The van der Waals surface area contributed by atoms with Gasteiger partial charge in [-0.25, -0.2) is 35.1 Å². The van der Waals surface area contributed by atoms with E-state index in [1.807, 2.05) is 19.1 Å². The van der Waals surface area contributed by atoms with E-state index in [1.54, 1.807) is 58.0 Å². The normalized spacial score (nSPS) is 9.73. The molecule has 0 amide bonds. The van der Waals surface area contributed by atoms with Gasteiger partial charge < -0.3 is 0 Å². The SMILES string of the molecule is Cc1cc(F)c(C)c(F)c1.Cc1cc(F)c(C)c(F)c1.Cc1ccc(C)c(F)c1.Cc1ccc(C)c(F)c1F.Cc1ccc(C)cc1.Cc1ccccc1F. The van der Waals surface area contributed by atoms with Crippen LogP contribution in [0.4, 0.5) is 35.1 Å². The van der Waals surface area contributed by atoms with Gasteiger partial charge in [-0.3, -0.25) is 0 Å². The van der Waals surface area contributed by atoms with Gasteiger partial charge in [0.05, 0.1) is 0 Å². The van der Waals surface area contributed by atoms with Crippen LogP contribution in [0.15, 0.2) is 103 Å². The lowest BCUT2D eigenvalue weighted by Gasteiger charge is -1.99. The van der Waals surface area contributed by atoms with Gasteiger partial charge in [-0.2, -0.15) is 0 Å². The van der Waals surface area contributed by atoms with Gasteiger partial charge in [0.2, 0.25) is 0 Å². The van der Waals surface area contributed by atoms with Crippen molar-refractivity contribution in [2.45, 2.75) is 76.2 Å². The summed E-state index contributed by atoms with van der Waals surface area (Å²) in [7, 11) is 0. The van der Waals surface area contributed by atoms with Crippen molar-refractivity contribution in [3.63, 3.8) is 0 Å². The lowest BCUT2D eigenvalue weighted by molar-refractivity contribution is 0.497. The Hall–Kier alpha value is -5.24. The average Bonchev–Trinajstić information content (AvgIpc) is 3.12. The van der Waals surface area contributed by atoms with Crippen molar-refractivity contribution < 1.29 is 35.1 Å². The highest BCUT2D eigenvalue weighted by Gasteiger charge is 2.06. The average molecular weight is 767 g/mol. The van der Waals surface area contributed by atoms with Gasteiger partial charge >= 0.3 is 0 Å². The molecule has 0 nitrogen and oxygen atoms in total. The van der Waals surface area contributed by atoms with Gasteiger partial charge in [0, 0.05) is 11.1 Å². The third kappa shape index (κ3) is 17.6. The number of aryl methyl sites for hydroxylation is 9. The molecule has 0 fully saturated rings. The lowest BCUT2D eigenvalue weighted by atomic mass is 10.1. The summed E-state index contributed by atoms with van der Waals surface area (Å²) in [6, 6.07) is 28.8. The maximum absolute atomic E-state index is 12.6. The molecule has 6 aromatic carbocycles. The van der Waals surface area contributed by atoms with Crippen LogP contribution in [-0.2, 0) is 0 Å². The van der Waals surface area contributed by atoms with Gasteiger partial charge in [-0.1, -0.05) is 77.9 Å². The Morgan fingerprint density at radius 2 is 0.545 bits per heavy atom. The van der Waals surface area contributed by atoms with Crippen LogP contribution >= 0.6 is 0 Å². The van der Waals surface area contributed by atoms with Crippen LogP contribution in [0.1, 0.15) is 61.2 Å². The van der Waals surface area contributed by atoms with E-state index < -0.39 is 34.9 Å². The Morgan fingerprint density at radius 1 is 0.255 bits per heavy atom. The van der Waals surface area contributed by atoms with Gasteiger partial charge in [0.25, 0.3) is 0 Å². The molecule has 6 rings (SSSR count). The summed E-state index contributed by atoms with van der Waals surface area (Å²) in [5.41, 5.74) is 7.14. The van der Waals surface area contributed by atoms with Gasteiger partial charge in [0.15, 0.2) is 11.6 Å². The van der Waals surface area contributed by atoms with Crippen molar-refractivity contribution in [2.75, 3.05) is 0 Å². The quantitative estimate of drug-likeness (QED) is 0.135. The zero-order valence-corrected chi connectivity index (χ0v) is 33.3. The van der Waals surface area contributed by atoms with E-state index in [0.29, 0.717) is 33.4 Å². The third-order valence-electron chi connectivity index (χ3n) is 7.94. The second-order valence-corrected chi connectivity index (χ2v) is 13.2. The second kappa shape index (κ2) is 23.5. The molecule has 0 aliphatic heterocycles. The minimum Gasteiger partial charge on any atom is -0.207 e. The summed E-state index contributed by atoms with van der Waals surface area (Å²) >= 11 is 0. The molecular formula is C47H50F8. The standard InChI is InChI=1S/3C8H8F2.C8H9F.C8H10.C7H7F/c2*1-5-3-7(9)6(2)8(10)4-5;1-5-3-4-6(2)8(10)7(5)9;1-6-3-4-7(2)8(9)5-6;1-7-3-5-8(2)6-4-7;1-6-4-2-3-5-7(6)8/h3*3-4H,1-2H3;3-5H,1-2H3;3-6H,1-2H3;2-5H,1H3. The number of rotatable bonds is 0. The highest BCUT2D eigenvalue weighted by atomic mass is 19.2. The molecule has 294 valence electrons. The predicted octanol–water partition coefficient (Wildman–Crippen LogP) is 14.6. The van der Waals surface area contributed by atoms with Crippen LogP contribution in [-0.4, -0.2) is 0 Å². The van der Waals surface area contributed by atoms with Crippen molar-refractivity contribution in [3.05, 3.63) is 211 Å². The molecule has 0 atom stereocenters. The Balaban J connectivity index is 0.000000331. The monoisotopic (exact) mass is 766 g/mol. The molecule has 0 aliphatic rings. The highest BCUT2D eigenvalue weighted by Crippen LogP contribution is 2.15. The van der Waals surface area contributed by atoms with Crippen molar-refractivity contribution in [3.8, 4) is 0 Å². The topological polar surface area (TPSA) is 0 Å². The summed E-state index contributed by atoms with van der Waals surface area (Å²) in [6.07, 6.45) is 0. The van der Waals surface area contributed by atoms with Crippen LogP contribution in [0.25, 0.3) is 0 Å². The minimum absolute atomic E-state index is 0.0885. The molecule has 0 heterocycles. The van der Waals surface area contributed by atoms with Crippen molar-refractivity contribution in [2.24, 2.45) is 0 Å². The van der Waals surface area contributed by atoms with Crippen LogP contribution in [0.2, 0.25) is 0 Å². The Bertz CT molecular complexity index is 1930. The molecule has 0 aliphatic carbocycles. The first-order chi connectivity index (χ1) is 25.6. The van der Waals surface area contributed by atoms with Crippen molar-refractivity contribution in [1.29, 1.82) is 0 Å². The summed E-state index contributed by atoms with van der Waals surface area (Å²) in [5, 5.41) is 0. The maximum Gasteiger partial charge on any atom is 0.161 e. The largest absolute Gasteiger partial charge is 0.207 e. The van der Waals surface area contributed by atoms with Crippen molar-refractivity contribution in [1.82, 2.24) is 0 Å². The first-order valence-corrected chi connectivity index (χ1v) is 17.4. The smallest absolute Gasteiger partial charge is 0.161 e. The molecule has 0 unspecified atom stereocenters. The van der Waals surface area contributed by atoms with Gasteiger partial charge in [0.1, 0.15) is 34.9 Å². The molecule has 0 bridgehead atoms. The fraction of sp³-hybridized carbons (Fsp3) is 0.234. The van der Waals surface area contributed by atoms with Gasteiger partial charge in [-0.05, 0) is 152 Å². The van der Waals surface area contributed by atoms with E-state index in [-0.39, 0.29) is 22.8 Å². The first kappa shape index (κ1) is 47.8. The molecule has 0 saturated carbocycles. The summed E-state index contributed by atoms with van der Waals surface area (Å²) < 4.78 is 101. The van der Waals surface area contributed by atoms with E-state index in [0.717, 1.165) is 5.56 Å². The first-order valence-electron chi connectivity index (χ1n) is 17.4. The zero-order chi connectivity index (χ0) is 42.0. The summed E-state index contributed by atoms with van der Waals surface area (Å²) in [5.74, 6) is -3.62. The molecule has 0 saturated heterocycles. The van der Waals surface area contributed by atoms with Crippen LogP contribution in [0.5, 0.6) is 0 Å². The summed E-state index contributed by atoms with van der Waals surface area (Å²) in [6.45, 7) is 18.8. The third-order valence-corrected chi connectivity index (χ3v) is 7.94. The second-order valence-electron chi connectivity index (χ2n) is 13.2. The van der Waals surface area contributed by atoms with Crippen LogP contribution in [0, 0.1) is 123 Å². The van der Waals surface area contributed by atoms with Crippen molar-refractivity contribution >= 4 is 0 Å². The van der Waals surface area contributed by atoms with Crippen LogP contribution < -0.4 is 0 Å². The van der Waals surface area contributed by atoms with Crippen LogP contribution in [0.3, 0.4) is 0 Å². The van der Waals surface area contributed by atoms with E-state index in [9.17, 15) is 35.1 Å². The number of benzene rings is 6. The fourth-order valence-corrected chi connectivity index (χ4v) is 4.17. The van der Waals surface area contributed by atoms with E-state index in [1.165, 1.54) is 75.2 Å². The zero-order valence-electron chi connectivity index (χ0n) is 33.3. The fourth-order valence-electron chi connectivity index (χ4n) is 4.17. The molecule has 0 radical (unpaired) electrons. The predicted molar refractivity (Wildman–Crippen MR) is 210 cm³/mol. The van der Waals surface area contributed by atoms with E-state index in [4.69, 9.17) is 0 Å². The minimum atomic E-state index is -0.736. The maximum atomic E-state index is 12.6. The lowest BCUT2D eigenvalue weighted by Crippen LogP contribution is -1.91. The molecule has 6 aromatic rings. The summed E-state index contributed by atoms with van der Waals surface area (Å²) in [4.78, 5) is 0. The Labute approximate surface area is 321 Å². The molecule has 55 heavy (non-hydrogen) atoms. The number of hydrogen-bond acceptors (Lipinski definition) is 0. The van der Waals surface area contributed by atoms with E-state index >= 15 is 0 Å². The highest BCUT2D eigenvalue weighted by molar-refractivity contribution is 5.26. The molecule has 0 spiro atoms. The molecular weight excluding hydrogens is 717 g/mol. The Kier molecular flexibility index (Phi) is 20.4.